The molecule has 0 radical (unpaired) electrons. The fourth-order valence-corrected chi connectivity index (χ4v) is 6.79. The number of amides is 4. The number of primary amides is 1. The van der Waals surface area contributed by atoms with Crippen molar-refractivity contribution < 1.29 is 34.2 Å². The number of nitrogens with two attached hydrogens (primary N) is 1. The van der Waals surface area contributed by atoms with E-state index in [0.717, 1.165) is 11.1 Å². The lowest BCUT2D eigenvalue weighted by Crippen LogP contribution is -2.55. The first-order chi connectivity index (χ1) is 24.6. The van der Waals surface area contributed by atoms with Gasteiger partial charge in [0.25, 0.3) is 5.91 Å². The van der Waals surface area contributed by atoms with Crippen molar-refractivity contribution in [1.82, 2.24) is 16.0 Å². The third kappa shape index (κ3) is 9.06. The molecule has 0 aromatic heterocycles. The zero-order valence-corrected chi connectivity index (χ0v) is 28.0. The van der Waals surface area contributed by atoms with Crippen molar-refractivity contribution in [2.45, 2.75) is 43.2 Å². The summed E-state index contributed by atoms with van der Waals surface area (Å²) in [6, 6.07) is 34.1. The highest BCUT2D eigenvalue weighted by molar-refractivity contribution is 6.01. The average molecular weight is 691 g/mol. The normalized spacial score (nSPS) is 17.2. The summed E-state index contributed by atoms with van der Waals surface area (Å²) in [4.78, 5) is 65.7. The van der Waals surface area contributed by atoms with E-state index in [1.165, 1.54) is 0 Å². The number of hydrogen-bond acceptors (Lipinski definition) is 6. The zero-order chi connectivity index (χ0) is 36.4. The largest absolute Gasteiger partial charge is 0.481 e. The Morgan fingerprint density at radius 1 is 0.745 bits per heavy atom. The smallest absolute Gasteiger partial charge is 0.307 e. The average Bonchev–Trinajstić information content (AvgIpc) is 3.52. The summed E-state index contributed by atoms with van der Waals surface area (Å²) in [7, 11) is 0. The number of aliphatic hydroxyl groups is 1. The van der Waals surface area contributed by atoms with Crippen molar-refractivity contribution in [3.05, 3.63) is 143 Å². The Bertz CT molecular complexity index is 1840. The number of benzene rings is 4. The van der Waals surface area contributed by atoms with Gasteiger partial charge in [0.15, 0.2) is 5.60 Å². The number of fused-ring (bicyclic) bond motifs is 1. The number of rotatable bonds is 16. The maximum atomic E-state index is 13.8. The minimum Gasteiger partial charge on any atom is -0.481 e. The molecule has 11 heteroatoms. The van der Waals surface area contributed by atoms with Gasteiger partial charge >= 0.3 is 5.97 Å². The lowest BCUT2D eigenvalue weighted by Gasteiger charge is -2.29. The molecule has 11 nitrogen and oxygen atoms in total. The van der Waals surface area contributed by atoms with Crippen LogP contribution in [0.25, 0.3) is 0 Å². The molecule has 3 unspecified atom stereocenters. The molecule has 0 bridgehead atoms. The van der Waals surface area contributed by atoms with E-state index in [9.17, 15) is 34.2 Å². The van der Waals surface area contributed by atoms with Crippen LogP contribution in [0.2, 0.25) is 0 Å². The van der Waals surface area contributed by atoms with Crippen LogP contribution in [0.3, 0.4) is 0 Å². The molecular weight excluding hydrogens is 648 g/mol. The second-order valence-corrected chi connectivity index (χ2v) is 12.9. The van der Waals surface area contributed by atoms with Crippen LogP contribution in [0.5, 0.6) is 0 Å². The summed E-state index contributed by atoms with van der Waals surface area (Å²) in [5, 5.41) is 30.0. The van der Waals surface area contributed by atoms with Gasteiger partial charge in [-0.3, -0.25) is 24.0 Å². The van der Waals surface area contributed by atoms with Crippen molar-refractivity contribution in [3.63, 3.8) is 0 Å². The fraction of sp³-hybridized carbons (Fsp3) is 0.275. The van der Waals surface area contributed by atoms with Gasteiger partial charge in [-0.25, -0.2) is 0 Å². The molecule has 0 heterocycles. The molecule has 0 saturated carbocycles. The Morgan fingerprint density at radius 3 is 1.96 bits per heavy atom. The van der Waals surface area contributed by atoms with Gasteiger partial charge in [0.05, 0.1) is 18.4 Å². The summed E-state index contributed by atoms with van der Waals surface area (Å²) >= 11 is 0. The Labute approximate surface area is 296 Å². The Morgan fingerprint density at radius 2 is 1.33 bits per heavy atom. The molecule has 1 aliphatic carbocycles. The van der Waals surface area contributed by atoms with Crippen molar-refractivity contribution in [2.24, 2.45) is 17.6 Å². The maximum Gasteiger partial charge on any atom is 0.307 e. The molecule has 4 aromatic rings. The molecule has 0 spiro atoms. The van der Waals surface area contributed by atoms with Gasteiger partial charge in [-0.2, -0.15) is 0 Å². The molecule has 5 rings (SSSR count). The Hall–Kier alpha value is -5.81. The lowest BCUT2D eigenvalue weighted by atomic mass is 9.80. The number of carbonyl (C=O) groups excluding carboxylic acids is 4. The third-order valence-electron chi connectivity index (χ3n) is 9.42. The number of nitrogens with one attached hydrogen (secondary N) is 3. The first kappa shape index (κ1) is 36.5. The minimum atomic E-state index is -1.99. The number of carboxylic acid groups (broad SMARTS) is 1. The highest BCUT2D eigenvalue weighted by atomic mass is 16.4. The summed E-state index contributed by atoms with van der Waals surface area (Å²) in [5.41, 5.74) is 7.24. The number of aliphatic carboxylic acids is 1. The van der Waals surface area contributed by atoms with Crippen LogP contribution in [-0.4, -0.2) is 58.5 Å². The van der Waals surface area contributed by atoms with E-state index < -0.39 is 65.4 Å². The molecule has 7 N–H and O–H groups in total. The topological polar surface area (TPSA) is 188 Å². The SMILES string of the molecule is NC(=O)C(C(=O)NCC[C@H](C(=O)NC[C@](O)(Cc1ccccc1)C(=O)NCc1ccccc1)c1ccccc1)C1c2ccccc2CC1C(=O)O. The number of carboxylic acids is 1. The molecule has 1 aliphatic rings. The molecule has 0 aliphatic heterocycles. The summed E-state index contributed by atoms with van der Waals surface area (Å²) < 4.78 is 0. The number of hydrogen-bond donors (Lipinski definition) is 6. The summed E-state index contributed by atoms with van der Waals surface area (Å²) in [5.74, 6) is -8.14. The van der Waals surface area contributed by atoms with Crippen LogP contribution < -0.4 is 21.7 Å². The van der Waals surface area contributed by atoms with Crippen LogP contribution in [0.15, 0.2) is 115 Å². The first-order valence-electron chi connectivity index (χ1n) is 16.9. The summed E-state index contributed by atoms with van der Waals surface area (Å²) in [6.07, 6.45) is 0.204. The van der Waals surface area contributed by atoms with Crippen LogP contribution >= 0.6 is 0 Å². The van der Waals surface area contributed by atoms with Gasteiger partial charge < -0.3 is 31.9 Å². The van der Waals surface area contributed by atoms with E-state index >= 15 is 0 Å². The molecule has 0 saturated heterocycles. The van der Waals surface area contributed by atoms with Gasteiger partial charge in [-0.15, -0.1) is 0 Å². The molecule has 5 atom stereocenters. The standard InChI is InChI=1S/C40H42N4O7/c41-35(45)34(33-30-19-11-10-18-29(30)22-32(33)38(48)49)37(47)42-21-20-31(28-16-8-3-9-17-28)36(46)44-25-40(51,23-26-12-4-1-5-13-26)39(50)43-24-27-14-6-2-7-15-27/h1-19,31-34,51H,20-25H2,(H2,41,45)(H,42,47)(H,43,50)(H,44,46)(H,48,49)/t31-,32?,33?,34?,40+/m0/s1. The van der Waals surface area contributed by atoms with Gasteiger partial charge in [0.2, 0.25) is 17.7 Å². The predicted molar refractivity (Wildman–Crippen MR) is 190 cm³/mol. The Kier molecular flexibility index (Phi) is 12.0. The first-order valence-corrected chi connectivity index (χ1v) is 16.9. The van der Waals surface area contributed by atoms with Crippen molar-refractivity contribution in [1.29, 1.82) is 0 Å². The van der Waals surface area contributed by atoms with Gasteiger partial charge in [0, 0.05) is 25.4 Å². The third-order valence-corrected chi connectivity index (χ3v) is 9.42. The van der Waals surface area contributed by atoms with Crippen LogP contribution in [0, 0.1) is 11.8 Å². The monoisotopic (exact) mass is 690 g/mol. The van der Waals surface area contributed by atoms with Gasteiger partial charge in [0.1, 0.15) is 5.92 Å². The quantitative estimate of drug-likeness (QED) is 0.0976. The second-order valence-electron chi connectivity index (χ2n) is 12.9. The lowest BCUT2D eigenvalue weighted by molar-refractivity contribution is -0.144. The van der Waals surface area contributed by atoms with E-state index in [0.29, 0.717) is 16.7 Å². The van der Waals surface area contributed by atoms with Crippen molar-refractivity contribution in [3.8, 4) is 0 Å². The molecule has 51 heavy (non-hydrogen) atoms. The molecule has 0 fully saturated rings. The molecule has 264 valence electrons. The van der Waals surface area contributed by atoms with Crippen molar-refractivity contribution >= 4 is 29.6 Å². The van der Waals surface area contributed by atoms with Crippen LogP contribution in [-0.2, 0) is 43.4 Å². The molecule has 4 aromatic carbocycles. The number of carbonyl (C=O) groups is 5. The minimum absolute atomic E-state index is 0.0481. The Balaban J connectivity index is 1.29. The van der Waals surface area contributed by atoms with Crippen LogP contribution in [0.1, 0.15) is 46.1 Å². The molecule has 4 amide bonds. The zero-order valence-electron chi connectivity index (χ0n) is 28.0. The van der Waals surface area contributed by atoms with E-state index in [2.05, 4.69) is 16.0 Å². The highest BCUT2D eigenvalue weighted by Gasteiger charge is 2.47. The van der Waals surface area contributed by atoms with E-state index in [4.69, 9.17) is 5.73 Å². The predicted octanol–water partition coefficient (Wildman–Crippen LogP) is 2.83. The van der Waals surface area contributed by atoms with Gasteiger partial charge in [-0.05, 0) is 40.7 Å². The van der Waals surface area contributed by atoms with E-state index in [1.807, 2.05) is 36.4 Å². The second kappa shape index (κ2) is 16.7. The fourth-order valence-electron chi connectivity index (χ4n) is 6.79. The molecular formula is C40H42N4O7. The van der Waals surface area contributed by atoms with Crippen molar-refractivity contribution in [2.75, 3.05) is 13.1 Å². The van der Waals surface area contributed by atoms with E-state index in [1.54, 1.807) is 78.9 Å². The summed E-state index contributed by atoms with van der Waals surface area (Å²) in [6.45, 7) is -0.255. The van der Waals surface area contributed by atoms with E-state index in [-0.39, 0.29) is 32.4 Å². The maximum absolute atomic E-state index is 13.8. The van der Waals surface area contributed by atoms with Crippen LogP contribution in [0.4, 0.5) is 0 Å². The van der Waals surface area contributed by atoms with Gasteiger partial charge in [-0.1, -0.05) is 115 Å². The highest BCUT2D eigenvalue weighted by Crippen LogP contribution is 2.43.